The largest absolute Gasteiger partial charge is 0.466 e. The van der Waals surface area contributed by atoms with E-state index >= 15 is 0 Å². The van der Waals surface area contributed by atoms with Gasteiger partial charge in [-0.15, -0.1) is 0 Å². The number of sulfonamides is 1. The van der Waals surface area contributed by atoms with Gasteiger partial charge in [0, 0.05) is 19.2 Å². The summed E-state index contributed by atoms with van der Waals surface area (Å²) in [5.74, 6) is -0.225. The first kappa shape index (κ1) is 22.7. The van der Waals surface area contributed by atoms with Gasteiger partial charge < -0.3 is 16.4 Å². The summed E-state index contributed by atoms with van der Waals surface area (Å²) in [5.41, 5.74) is 8.13. The molecule has 0 aliphatic carbocycles. The van der Waals surface area contributed by atoms with Crippen molar-refractivity contribution >= 4 is 47.7 Å². The molecule has 0 saturated heterocycles. The van der Waals surface area contributed by atoms with Crippen LogP contribution >= 0.6 is 0 Å². The molecule has 156 valence electrons. The van der Waals surface area contributed by atoms with Crippen LogP contribution in [0.4, 0.5) is 22.7 Å². The van der Waals surface area contributed by atoms with Crippen LogP contribution < -0.4 is 21.1 Å². The second-order valence-electron chi connectivity index (χ2n) is 6.65. The van der Waals surface area contributed by atoms with Crippen molar-refractivity contribution in [3.63, 3.8) is 0 Å². The van der Waals surface area contributed by atoms with Crippen LogP contribution in [0, 0.1) is 0 Å². The molecule has 2 aromatic carbocycles. The molecule has 0 aliphatic rings. The maximum Gasteiger partial charge on any atom is 0.466 e. The first-order valence-corrected chi connectivity index (χ1v) is 13.0. The molecule has 8 nitrogen and oxygen atoms in total. The summed E-state index contributed by atoms with van der Waals surface area (Å²) in [5, 5.41) is 5.82. The minimum absolute atomic E-state index is 0.0835. The summed E-state index contributed by atoms with van der Waals surface area (Å²) in [6, 6.07) is 10.9. The van der Waals surface area contributed by atoms with Crippen molar-refractivity contribution in [2.24, 2.45) is 0 Å². The SMILES string of the molecule is CC(=O)Nc1ccc(S(=O)(=O)Nc2ccc(NCCCO[Si+](C)C)c(N)c2)cc1. The fourth-order valence-corrected chi connectivity index (χ4v) is 4.10. The van der Waals surface area contributed by atoms with E-state index in [4.69, 9.17) is 10.2 Å². The molecule has 0 spiro atoms. The highest BCUT2D eigenvalue weighted by Crippen LogP contribution is 2.25. The Balaban J connectivity index is 1.98. The minimum atomic E-state index is -3.77. The molecule has 0 unspecified atom stereocenters. The Hall–Kier alpha value is -2.56. The molecule has 1 amide bonds. The number of carbonyl (C=O) groups is 1. The Morgan fingerprint density at radius 3 is 2.34 bits per heavy atom. The molecule has 5 N–H and O–H groups in total. The lowest BCUT2D eigenvalue weighted by Gasteiger charge is -2.13. The summed E-state index contributed by atoms with van der Waals surface area (Å²) < 4.78 is 33.2. The van der Waals surface area contributed by atoms with Crippen molar-refractivity contribution in [1.29, 1.82) is 0 Å². The molecule has 29 heavy (non-hydrogen) atoms. The maximum atomic E-state index is 12.6. The second-order valence-corrected chi connectivity index (χ2v) is 10.4. The number of hydrogen-bond donors (Lipinski definition) is 4. The predicted octanol–water partition coefficient (Wildman–Crippen LogP) is 3.10. The van der Waals surface area contributed by atoms with Gasteiger partial charge in [0.25, 0.3) is 10.0 Å². The predicted molar refractivity (Wildman–Crippen MR) is 119 cm³/mol. The third kappa shape index (κ3) is 7.41. The smallest absolute Gasteiger partial charge is 0.397 e. The monoisotopic (exact) mass is 435 g/mol. The number of rotatable bonds is 10. The Morgan fingerprint density at radius 1 is 1.10 bits per heavy atom. The fourth-order valence-electron chi connectivity index (χ4n) is 2.49. The average molecular weight is 436 g/mol. The van der Waals surface area contributed by atoms with E-state index in [1.54, 1.807) is 18.2 Å². The molecule has 0 atom stereocenters. The van der Waals surface area contributed by atoms with Gasteiger partial charge in [0.05, 0.1) is 41.7 Å². The third-order valence-electron chi connectivity index (χ3n) is 3.82. The van der Waals surface area contributed by atoms with Crippen LogP contribution in [0.3, 0.4) is 0 Å². The second kappa shape index (κ2) is 10.3. The molecule has 0 aliphatic heterocycles. The number of benzene rings is 2. The Morgan fingerprint density at radius 2 is 1.76 bits per heavy atom. The van der Waals surface area contributed by atoms with Gasteiger partial charge in [-0.25, -0.2) is 12.8 Å². The van der Waals surface area contributed by atoms with Gasteiger partial charge in [-0.05, 0) is 48.9 Å². The molecule has 2 rings (SSSR count). The normalized spacial score (nSPS) is 11.0. The van der Waals surface area contributed by atoms with Gasteiger partial charge in [-0.2, -0.15) is 0 Å². The lowest BCUT2D eigenvalue weighted by Crippen LogP contribution is -2.14. The van der Waals surface area contributed by atoms with Crippen molar-refractivity contribution in [3.05, 3.63) is 42.5 Å². The highest BCUT2D eigenvalue weighted by molar-refractivity contribution is 7.92. The minimum Gasteiger partial charge on any atom is -0.397 e. The zero-order valence-corrected chi connectivity index (χ0v) is 18.6. The van der Waals surface area contributed by atoms with Crippen molar-refractivity contribution in [3.8, 4) is 0 Å². The van der Waals surface area contributed by atoms with Crippen LogP contribution in [0.15, 0.2) is 47.4 Å². The summed E-state index contributed by atoms with van der Waals surface area (Å²) in [4.78, 5) is 11.1. The third-order valence-corrected chi connectivity index (χ3v) is 5.99. The Kier molecular flexibility index (Phi) is 8.06. The van der Waals surface area contributed by atoms with E-state index in [9.17, 15) is 13.2 Å². The molecule has 0 bridgehead atoms. The highest BCUT2D eigenvalue weighted by Gasteiger charge is 2.15. The molecule has 0 aromatic heterocycles. The molecular weight excluding hydrogens is 408 g/mol. The zero-order chi connectivity index (χ0) is 21.4. The van der Waals surface area contributed by atoms with Crippen LogP contribution in [-0.4, -0.2) is 36.5 Å². The molecule has 0 radical (unpaired) electrons. The number of anilines is 4. The zero-order valence-electron chi connectivity index (χ0n) is 16.8. The van der Waals surface area contributed by atoms with Gasteiger partial charge in [-0.3, -0.25) is 9.52 Å². The molecular formula is C19H27N4O4SSi+. The number of amides is 1. The quantitative estimate of drug-likeness (QED) is 0.258. The van der Waals surface area contributed by atoms with E-state index in [2.05, 4.69) is 28.4 Å². The van der Waals surface area contributed by atoms with E-state index in [0.717, 1.165) is 12.1 Å². The van der Waals surface area contributed by atoms with Gasteiger partial charge in [0.15, 0.2) is 0 Å². The van der Waals surface area contributed by atoms with E-state index in [1.807, 2.05) is 0 Å². The topological polar surface area (TPSA) is 123 Å². The molecule has 2 aromatic rings. The first-order chi connectivity index (χ1) is 13.7. The van der Waals surface area contributed by atoms with Crippen LogP contribution in [0.1, 0.15) is 13.3 Å². The standard InChI is InChI=1S/C19H26N4O4SSi/c1-14(24)22-15-5-8-17(9-6-15)28(25,26)23-16-7-10-19(18(20)13-16)21-11-4-12-27-29(2)3/h5-10,13,21,23H,4,11-12,20H2,1-3H3/p+1. The van der Waals surface area contributed by atoms with Crippen molar-refractivity contribution in [2.75, 3.05) is 34.2 Å². The molecule has 0 saturated carbocycles. The van der Waals surface area contributed by atoms with Crippen LogP contribution in [0.25, 0.3) is 0 Å². The molecule has 10 heteroatoms. The van der Waals surface area contributed by atoms with Gasteiger partial charge >= 0.3 is 9.04 Å². The lowest BCUT2D eigenvalue weighted by atomic mass is 10.2. The lowest BCUT2D eigenvalue weighted by molar-refractivity contribution is -0.114. The van der Waals surface area contributed by atoms with E-state index in [-0.39, 0.29) is 10.8 Å². The van der Waals surface area contributed by atoms with E-state index in [1.165, 1.54) is 31.2 Å². The summed E-state index contributed by atoms with van der Waals surface area (Å²) in [6.07, 6.45) is 0.859. The van der Waals surface area contributed by atoms with E-state index in [0.29, 0.717) is 30.2 Å². The Bertz CT molecular complexity index is 934. The number of nitrogens with two attached hydrogens (primary N) is 1. The summed E-state index contributed by atoms with van der Waals surface area (Å²) in [6.45, 7) is 6.98. The van der Waals surface area contributed by atoms with E-state index < -0.39 is 19.1 Å². The van der Waals surface area contributed by atoms with Gasteiger partial charge in [-0.1, -0.05) is 0 Å². The van der Waals surface area contributed by atoms with Crippen molar-refractivity contribution in [1.82, 2.24) is 0 Å². The van der Waals surface area contributed by atoms with Gasteiger partial charge in [0.1, 0.15) is 0 Å². The number of nitrogen functional groups attached to an aromatic ring is 1. The fraction of sp³-hybridized carbons (Fsp3) is 0.316. The summed E-state index contributed by atoms with van der Waals surface area (Å²) >= 11 is 0. The van der Waals surface area contributed by atoms with Crippen LogP contribution in [0.2, 0.25) is 13.1 Å². The molecule has 0 fully saturated rings. The number of carbonyl (C=O) groups excluding carboxylic acids is 1. The van der Waals surface area contributed by atoms with Crippen LogP contribution in [-0.2, 0) is 19.2 Å². The van der Waals surface area contributed by atoms with Crippen molar-refractivity contribution < 1.29 is 17.6 Å². The summed E-state index contributed by atoms with van der Waals surface area (Å²) in [7, 11) is -4.45. The average Bonchev–Trinajstić information content (AvgIpc) is 2.62. The number of hydrogen-bond acceptors (Lipinski definition) is 6. The Labute approximate surface area is 173 Å². The first-order valence-electron chi connectivity index (χ1n) is 9.14. The highest BCUT2D eigenvalue weighted by atomic mass is 32.2. The maximum absolute atomic E-state index is 12.6. The number of nitrogens with one attached hydrogen (secondary N) is 3. The molecule has 0 heterocycles. The van der Waals surface area contributed by atoms with Crippen molar-refractivity contribution in [2.45, 2.75) is 31.3 Å². The van der Waals surface area contributed by atoms with Crippen LogP contribution in [0.5, 0.6) is 0 Å². The van der Waals surface area contributed by atoms with Gasteiger partial charge in [0.2, 0.25) is 5.91 Å².